The molecule has 1 aromatic rings. The molecule has 0 aromatic heterocycles. The normalized spacial score (nSPS) is 10.7. The average Bonchev–Trinajstić information content (AvgIpc) is 2.44. The number of benzene rings is 1. The Bertz CT molecular complexity index is 614. The molecule has 1 aromatic carbocycles. The lowest BCUT2D eigenvalue weighted by molar-refractivity contribution is -0.146. The van der Waals surface area contributed by atoms with E-state index in [4.69, 9.17) is 15.1 Å². The van der Waals surface area contributed by atoms with Crippen molar-refractivity contribution in [3.8, 4) is 17.6 Å². The summed E-state index contributed by atoms with van der Waals surface area (Å²) in [6, 6.07) is 5.77. The molecule has 21 heavy (non-hydrogen) atoms. The molecule has 3 N–H and O–H groups in total. The molecule has 0 amide bonds. The zero-order valence-electron chi connectivity index (χ0n) is 10.9. The van der Waals surface area contributed by atoms with Crippen LogP contribution in [0.1, 0.15) is 18.4 Å². The Kier molecular flexibility index (Phi) is 5.77. The fourth-order valence-corrected chi connectivity index (χ4v) is 1.44. The molecule has 0 bridgehead atoms. The molecule has 7 nitrogen and oxygen atoms in total. The van der Waals surface area contributed by atoms with Crippen LogP contribution >= 0.6 is 0 Å². The lowest BCUT2D eigenvalue weighted by Gasteiger charge is -2.10. The first-order chi connectivity index (χ1) is 9.95. The van der Waals surface area contributed by atoms with Crippen molar-refractivity contribution in [2.75, 3.05) is 6.61 Å². The van der Waals surface area contributed by atoms with E-state index >= 15 is 0 Å². The summed E-state index contributed by atoms with van der Waals surface area (Å²) in [5.41, 5.74) is -0.0124. The molecule has 0 unspecified atom stereocenters. The smallest absolute Gasteiger partial charge is 0.376 e. The number of ketones is 1. The third kappa shape index (κ3) is 4.87. The van der Waals surface area contributed by atoms with Crippen LogP contribution in [0.2, 0.25) is 0 Å². The predicted octanol–water partition coefficient (Wildman–Crippen LogP) is 1.63. The highest BCUT2D eigenvalue weighted by molar-refractivity contribution is 6.38. The topological polar surface area (TPSA) is 128 Å². The van der Waals surface area contributed by atoms with Gasteiger partial charge in [-0.15, -0.1) is 0 Å². The summed E-state index contributed by atoms with van der Waals surface area (Å²) < 4.78 is 5.34. The fourth-order valence-electron chi connectivity index (χ4n) is 1.44. The number of aliphatic hydroxyl groups is 1. The van der Waals surface area contributed by atoms with Crippen molar-refractivity contribution in [2.45, 2.75) is 12.8 Å². The van der Waals surface area contributed by atoms with Gasteiger partial charge in [0.05, 0.1) is 18.2 Å². The molecule has 0 aliphatic carbocycles. The minimum absolute atomic E-state index is 0.0124. The maximum absolute atomic E-state index is 11.0. The third-order valence-electron chi connectivity index (χ3n) is 2.41. The molecule has 0 fully saturated rings. The van der Waals surface area contributed by atoms with Gasteiger partial charge in [0.15, 0.2) is 0 Å². The van der Waals surface area contributed by atoms with Gasteiger partial charge in [0, 0.05) is 12.5 Å². The summed E-state index contributed by atoms with van der Waals surface area (Å²) in [6.07, 6.45) is 1.29. The van der Waals surface area contributed by atoms with Crippen molar-refractivity contribution in [3.05, 3.63) is 29.8 Å². The quantitative estimate of drug-likeness (QED) is 0.301. The highest BCUT2D eigenvalue weighted by Gasteiger charge is 2.14. The predicted molar refractivity (Wildman–Crippen MR) is 71.7 cm³/mol. The number of ether oxygens (including phenoxy) is 1. The van der Waals surface area contributed by atoms with Crippen molar-refractivity contribution in [1.29, 1.82) is 5.26 Å². The largest absolute Gasteiger partial charge is 0.508 e. The highest BCUT2D eigenvalue weighted by atomic mass is 16.5. The summed E-state index contributed by atoms with van der Waals surface area (Å²) in [5, 5.41) is 36.1. The second-order valence-corrected chi connectivity index (χ2v) is 3.99. The number of aromatic hydroxyl groups is 1. The number of carboxylic acid groups (broad SMARTS) is 1. The summed E-state index contributed by atoms with van der Waals surface area (Å²) in [6.45, 7) is 0.200. The summed E-state index contributed by atoms with van der Waals surface area (Å²) in [5.74, 6) is -3.66. The molecule has 0 aliphatic heterocycles. The molecular formula is C14H13NO6. The minimum Gasteiger partial charge on any atom is -0.508 e. The first kappa shape index (κ1) is 16.0. The van der Waals surface area contributed by atoms with Gasteiger partial charge in [0.25, 0.3) is 5.78 Å². The standard InChI is InChI=1S/C14H13NO6/c15-5-1-2-6-21-13-4-3-9(16)7-10(13)11(17)8-12(18)14(19)20/h3-4,7-8,16-17H,1-2,6H2,(H,19,20). The van der Waals surface area contributed by atoms with Gasteiger partial charge in [0.2, 0.25) is 0 Å². The maximum Gasteiger partial charge on any atom is 0.376 e. The van der Waals surface area contributed by atoms with Gasteiger partial charge in [-0.05, 0) is 24.6 Å². The molecule has 0 saturated heterocycles. The third-order valence-corrected chi connectivity index (χ3v) is 2.41. The Morgan fingerprint density at radius 3 is 2.67 bits per heavy atom. The number of phenols is 1. The van der Waals surface area contributed by atoms with Crippen molar-refractivity contribution < 1.29 is 29.6 Å². The number of nitrogens with zero attached hydrogens (tertiary/aromatic N) is 1. The van der Waals surface area contributed by atoms with Crippen LogP contribution in [-0.2, 0) is 9.59 Å². The van der Waals surface area contributed by atoms with Crippen LogP contribution in [0.4, 0.5) is 0 Å². The Morgan fingerprint density at radius 1 is 1.33 bits per heavy atom. The highest BCUT2D eigenvalue weighted by Crippen LogP contribution is 2.28. The summed E-state index contributed by atoms with van der Waals surface area (Å²) in [7, 11) is 0. The van der Waals surface area contributed by atoms with Crippen molar-refractivity contribution in [2.24, 2.45) is 0 Å². The lowest BCUT2D eigenvalue weighted by atomic mass is 10.1. The van der Waals surface area contributed by atoms with Crippen LogP contribution < -0.4 is 4.74 Å². The number of unbranched alkanes of at least 4 members (excludes halogenated alkanes) is 1. The van der Waals surface area contributed by atoms with Gasteiger partial charge < -0.3 is 20.1 Å². The number of hydrogen-bond acceptors (Lipinski definition) is 6. The molecule has 1 rings (SSSR count). The Balaban J connectivity index is 2.99. The number of carboxylic acids is 1. The molecule has 0 heterocycles. The summed E-state index contributed by atoms with van der Waals surface area (Å²) in [4.78, 5) is 21.5. The number of aliphatic carboxylic acids is 1. The number of nitriles is 1. The second-order valence-electron chi connectivity index (χ2n) is 3.99. The van der Waals surface area contributed by atoms with E-state index < -0.39 is 17.5 Å². The van der Waals surface area contributed by atoms with Crippen molar-refractivity contribution in [1.82, 2.24) is 0 Å². The monoisotopic (exact) mass is 291 g/mol. The Hall–Kier alpha value is -3.01. The van der Waals surface area contributed by atoms with Gasteiger partial charge in [-0.1, -0.05) is 0 Å². The fraction of sp³-hybridized carbons (Fsp3) is 0.214. The van der Waals surface area contributed by atoms with E-state index in [-0.39, 0.29) is 23.7 Å². The van der Waals surface area contributed by atoms with Gasteiger partial charge in [-0.2, -0.15) is 5.26 Å². The zero-order chi connectivity index (χ0) is 15.8. The van der Waals surface area contributed by atoms with Gasteiger partial charge >= 0.3 is 5.97 Å². The minimum atomic E-state index is -1.71. The van der Waals surface area contributed by atoms with E-state index in [9.17, 15) is 19.8 Å². The number of rotatable bonds is 7. The molecule has 0 saturated carbocycles. The van der Waals surface area contributed by atoms with E-state index in [1.807, 2.05) is 6.07 Å². The number of carbonyl (C=O) groups excluding carboxylic acids is 1. The molecule has 0 spiro atoms. The first-order valence-electron chi connectivity index (χ1n) is 5.96. The van der Waals surface area contributed by atoms with Crippen LogP contribution in [0, 0.1) is 11.3 Å². The lowest BCUT2D eigenvalue weighted by Crippen LogP contribution is -2.09. The van der Waals surface area contributed by atoms with Crippen LogP contribution in [-0.4, -0.2) is 33.7 Å². The van der Waals surface area contributed by atoms with Crippen molar-refractivity contribution in [3.63, 3.8) is 0 Å². The Morgan fingerprint density at radius 2 is 2.05 bits per heavy atom. The number of carbonyl (C=O) groups is 2. The average molecular weight is 291 g/mol. The molecule has 110 valence electrons. The first-order valence-corrected chi connectivity index (χ1v) is 5.96. The molecule has 0 aliphatic rings. The number of aliphatic hydroxyl groups excluding tert-OH is 1. The SMILES string of the molecule is N#CCCCOc1ccc(O)cc1C(O)=CC(=O)C(=O)O. The van der Waals surface area contributed by atoms with E-state index in [1.165, 1.54) is 12.1 Å². The second kappa shape index (κ2) is 7.55. The van der Waals surface area contributed by atoms with Gasteiger partial charge in [-0.3, -0.25) is 4.79 Å². The van der Waals surface area contributed by atoms with Crippen LogP contribution in [0.3, 0.4) is 0 Å². The molecule has 0 radical (unpaired) electrons. The van der Waals surface area contributed by atoms with E-state index in [0.717, 1.165) is 6.07 Å². The molecular weight excluding hydrogens is 278 g/mol. The molecule has 0 atom stereocenters. The maximum atomic E-state index is 11.0. The van der Waals surface area contributed by atoms with Gasteiger partial charge in [-0.25, -0.2) is 4.79 Å². The van der Waals surface area contributed by atoms with Gasteiger partial charge in [0.1, 0.15) is 17.3 Å². The van der Waals surface area contributed by atoms with Crippen LogP contribution in [0.25, 0.3) is 5.76 Å². The van der Waals surface area contributed by atoms with Crippen molar-refractivity contribution >= 4 is 17.5 Å². The zero-order valence-corrected chi connectivity index (χ0v) is 10.9. The summed E-state index contributed by atoms with van der Waals surface area (Å²) >= 11 is 0. The molecule has 7 heteroatoms. The van der Waals surface area contributed by atoms with E-state index in [1.54, 1.807) is 0 Å². The van der Waals surface area contributed by atoms with Crippen LogP contribution in [0.15, 0.2) is 24.3 Å². The van der Waals surface area contributed by atoms with Crippen LogP contribution in [0.5, 0.6) is 11.5 Å². The number of phenolic OH excluding ortho intramolecular Hbond substituents is 1. The van der Waals surface area contributed by atoms with E-state index in [2.05, 4.69) is 0 Å². The number of hydrogen-bond donors (Lipinski definition) is 3. The van der Waals surface area contributed by atoms with E-state index in [0.29, 0.717) is 18.9 Å². The Labute approximate surface area is 120 Å².